The zero-order valence-electron chi connectivity index (χ0n) is 9.79. The number of rotatable bonds is 7. The van der Waals surface area contributed by atoms with Gasteiger partial charge in [0.15, 0.2) is 0 Å². The highest BCUT2D eigenvalue weighted by molar-refractivity contribution is 5.76. The van der Waals surface area contributed by atoms with Gasteiger partial charge in [-0.05, 0) is 20.3 Å². The van der Waals surface area contributed by atoms with Crippen molar-refractivity contribution >= 4 is 5.91 Å². The van der Waals surface area contributed by atoms with E-state index in [9.17, 15) is 9.90 Å². The first-order chi connectivity index (χ1) is 6.99. The molecule has 0 aromatic carbocycles. The maximum atomic E-state index is 11.1. The first-order valence-corrected chi connectivity index (χ1v) is 5.34. The highest BCUT2D eigenvalue weighted by Gasteiger charge is 2.14. The lowest BCUT2D eigenvalue weighted by Gasteiger charge is -2.22. The van der Waals surface area contributed by atoms with Crippen molar-refractivity contribution in [2.24, 2.45) is 5.73 Å². The molecule has 0 radical (unpaired) electrons. The lowest BCUT2D eigenvalue weighted by molar-refractivity contribution is -0.121. The molecule has 0 fully saturated rings. The second kappa shape index (κ2) is 7.62. The van der Waals surface area contributed by atoms with Gasteiger partial charge >= 0.3 is 0 Å². The maximum absolute atomic E-state index is 11.1. The number of nitrogens with two attached hydrogens (primary N) is 1. The van der Waals surface area contributed by atoms with E-state index < -0.39 is 0 Å². The highest BCUT2D eigenvalue weighted by atomic mass is 16.3. The van der Waals surface area contributed by atoms with Gasteiger partial charge in [0.05, 0.1) is 6.10 Å². The Kier molecular flexibility index (Phi) is 7.29. The summed E-state index contributed by atoms with van der Waals surface area (Å²) in [6.07, 6.45) is 0.687. The molecule has 0 spiro atoms. The molecule has 5 N–H and O–H groups in total. The number of carbonyl (C=O) groups is 1. The van der Waals surface area contributed by atoms with Gasteiger partial charge < -0.3 is 21.5 Å². The van der Waals surface area contributed by atoms with Gasteiger partial charge in [-0.3, -0.25) is 4.79 Å². The SMILES string of the molecule is CNC(=O)CC(CN)NC(C)CC(C)O. The number of aliphatic hydroxyl groups is 1. The molecule has 15 heavy (non-hydrogen) atoms. The topological polar surface area (TPSA) is 87.4 Å². The van der Waals surface area contributed by atoms with Crippen molar-refractivity contribution < 1.29 is 9.90 Å². The number of carbonyl (C=O) groups excluding carboxylic acids is 1. The van der Waals surface area contributed by atoms with Crippen LogP contribution < -0.4 is 16.4 Å². The number of nitrogens with one attached hydrogen (secondary N) is 2. The van der Waals surface area contributed by atoms with Crippen molar-refractivity contribution in [3.05, 3.63) is 0 Å². The predicted molar refractivity (Wildman–Crippen MR) is 60.4 cm³/mol. The Morgan fingerprint density at radius 3 is 2.47 bits per heavy atom. The minimum atomic E-state index is -0.342. The van der Waals surface area contributed by atoms with Crippen LogP contribution in [0, 0.1) is 0 Å². The molecule has 0 aliphatic carbocycles. The normalized spacial score (nSPS) is 16.9. The summed E-state index contributed by atoms with van der Waals surface area (Å²) in [5.74, 6) is -0.0257. The predicted octanol–water partition coefficient (Wildman–Crippen LogP) is -0.801. The molecular formula is C10H23N3O2. The standard InChI is InChI=1S/C10H23N3O2/c1-7(4-8(2)14)13-9(6-11)5-10(15)12-3/h7-9,13-14H,4-6,11H2,1-3H3,(H,12,15). The number of aliphatic hydroxyl groups excluding tert-OH is 1. The number of amides is 1. The summed E-state index contributed by atoms with van der Waals surface area (Å²) in [6.45, 7) is 4.13. The van der Waals surface area contributed by atoms with Gasteiger partial charge in [0, 0.05) is 32.1 Å². The van der Waals surface area contributed by atoms with Crippen LogP contribution in [0.2, 0.25) is 0 Å². The van der Waals surface area contributed by atoms with Crippen LogP contribution in [0.5, 0.6) is 0 Å². The van der Waals surface area contributed by atoms with E-state index in [4.69, 9.17) is 5.73 Å². The van der Waals surface area contributed by atoms with Crippen LogP contribution in [0.3, 0.4) is 0 Å². The van der Waals surface area contributed by atoms with Crippen molar-refractivity contribution in [1.29, 1.82) is 0 Å². The van der Waals surface area contributed by atoms with E-state index in [1.807, 2.05) is 6.92 Å². The average Bonchev–Trinajstić information content (AvgIpc) is 2.15. The third-order valence-corrected chi connectivity index (χ3v) is 2.21. The van der Waals surface area contributed by atoms with Crippen LogP contribution in [-0.2, 0) is 4.79 Å². The molecule has 0 saturated carbocycles. The second-order valence-electron chi connectivity index (χ2n) is 3.96. The molecule has 0 aromatic rings. The van der Waals surface area contributed by atoms with Gasteiger partial charge in [0.1, 0.15) is 0 Å². The Labute approximate surface area is 91.4 Å². The van der Waals surface area contributed by atoms with E-state index in [2.05, 4.69) is 10.6 Å². The summed E-state index contributed by atoms with van der Waals surface area (Å²) >= 11 is 0. The van der Waals surface area contributed by atoms with E-state index in [0.717, 1.165) is 0 Å². The Morgan fingerprint density at radius 1 is 1.47 bits per heavy atom. The largest absolute Gasteiger partial charge is 0.393 e. The molecule has 1 amide bonds. The summed E-state index contributed by atoms with van der Waals surface area (Å²) in [7, 11) is 1.61. The summed E-state index contributed by atoms with van der Waals surface area (Å²) < 4.78 is 0. The lowest BCUT2D eigenvalue weighted by Crippen LogP contribution is -2.45. The molecule has 3 unspecified atom stereocenters. The van der Waals surface area contributed by atoms with Crippen LogP contribution in [0.1, 0.15) is 26.7 Å². The van der Waals surface area contributed by atoms with Gasteiger partial charge in [-0.1, -0.05) is 0 Å². The van der Waals surface area contributed by atoms with E-state index in [1.54, 1.807) is 14.0 Å². The van der Waals surface area contributed by atoms with Gasteiger partial charge in [0.25, 0.3) is 0 Å². The Bertz CT molecular complexity index is 186. The molecule has 0 aromatic heterocycles. The minimum Gasteiger partial charge on any atom is -0.393 e. The fourth-order valence-corrected chi connectivity index (χ4v) is 1.52. The van der Waals surface area contributed by atoms with Gasteiger partial charge in [0.2, 0.25) is 5.91 Å². The Morgan fingerprint density at radius 2 is 2.07 bits per heavy atom. The first-order valence-electron chi connectivity index (χ1n) is 5.34. The molecule has 0 heterocycles. The molecule has 0 saturated heterocycles. The van der Waals surface area contributed by atoms with Crippen LogP contribution in [0.4, 0.5) is 0 Å². The molecular weight excluding hydrogens is 194 g/mol. The molecule has 90 valence electrons. The fraction of sp³-hybridized carbons (Fsp3) is 0.900. The van der Waals surface area contributed by atoms with Crippen LogP contribution in [0.15, 0.2) is 0 Å². The van der Waals surface area contributed by atoms with Crippen molar-refractivity contribution in [2.45, 2.75) is 44.9 Å². The monoisotopic (exact) mass is 217 g/mol. The van der Waals surface area contributed by atoms with Gasteiger partial charge in [-0.2, -0.15) is 0 Å². The van der Waals surface area contributed by atoms with Gasteiger partial charge in [-0.25, -0.2) is 0 Å². The van der Waals surface area contributed by atoms with Crippen LogP contribution in [-0.4, -0.2) is 42.8 Å². The van der Waals surface area contributed by atoms with Crippen LogP contribution >= 0.6 is 0 Å². The molecule has 5 nitrogen and oxygen atoms in total. The number of hydrogen-bond donors (Lipinski definition) is 4. The quantitative estimate of drug-likeness (QED) is 0.449. The van der Waals surface area contributed by atoms with E-state index in [0.29, 0.717) is 19.4 Å². The van der Waals surface area contributed by atoms with Gasteiger partial charge in [-0.15, -0.1) is 0 Å². The highest BCUT2D eigenvalue weighted by Crippen LogP contribution is 2.00. The number of hydrogen-bond acceptors (Lipinski definition) is 4. The van der Waals surface area contributed by atoms with E-state index >= 15 is 0 Å². The molecule has 0 bridgehead atoms. The molecule has 3 atom stereocenters. The van der Waals surface area contributed by atoms with Crippen molar-refractivity contribution in [3.63, 3.8) is 0 Å². The van der Waals surface area contributed by atoms with Crippen molar-refractivity contribution in [1.82, 2.24) is 10.6 Å². The first kappa shape index (κ1) is 14.3. The molecule has 0 rings (SSSR count). The molecule has 5 heteroatoms. The Hall–Kier alpha value is -0.650. The molecule has 0 aliphatic rings. The summed E-state index contributed by atoms with van der Waals surface area (Å²) in [4.78, 5) is 11.1. The third-order valence-electron chi connectivity index (χ3n) is 2.21. The van der Waals surface area contributed by atoms with Crippen LogP contribution in [0.25, 0.3) is 0 Å². The zero-order chi connectivity index (χ0) is 11.8. The van der Waals surface area contributed by atoms with Crippen molar-refractivity contribution in [3.8, 4) is 0 Å². The molecule has 0 aliphatic heterocycles. The van der Waals surface area contributed by atoms with Crippen molar-refractivity contribution in [2.75, 3.05) is 13.6 Å². The average molecular weight is 217 g/mol. The zero-order valence-corrected chi connectivity index (χ0v) is 9.79. The lowest BCUT2D eigenvalue weighted by atomic mass is 10.1. The third kappa shape index (κ3) is 7.30. The summed E-state index contributed by atoms with van der Waals surface area (Å²) in [6, 6.07) is 0.127. The summed E-state index contributed by atoms with van der Waals surface area (Å²) in [5, 5.41) is 15.0. The minimum absolute atomic E-state index is 0.0257. The smallest absolute Gasteiger partial charge is 0.221 e. The second-order valence-corrected chi connectivity index (χ2v) is 3.96. The Balaban J connectivity index is 3.92. The van der Waals surface area contributed by atoms with E-state index in [-0.39, 0.29) is 24.1 Å². The maximum Gasteiger partial charge on any atom is 0.221 e. The van der Waals surface area contributed by atoms with E-state index in [1.165, 1.54) is 0 Å². The summed E-state index contributed by atoms with van der Waals surface area (Å²) in [5.41, 5.74) is 5.55. The fourth-order valence-electron chi connectivity index (χ4n) is 1.52.